The minimum atomic E-state index is 0.00521. The van der Waals surface area contributed by atoms with Crippen LogP contribution >= 0.6 is 0 Å². The SMILES string of the molecule is C#Cc1ccc2nc(/C=C/c3cccnc3)nc(NCCOCCO)c2c1. The highest BCUT2D eigenvalue weighted by atomic mass is 16.5. The Balaban J connectivity index is 1.88. The van der Waals surface area contributed by atoms with Crippen LogP contribution in [0.15, 0.2) is 42.7 Å². The molecule has 0 aliphatic carbocycles. The summed E-state index contributed by atoms with van der Waals surface area (Å²) in [5, 5.41) is 12.9. The first-order chi connectivity index (χ1) is 13.3. The Bertz CT molecular complexity index is 965. The van der Waals surface area contributed by atoms with Crippen molar-refractivity contribution in [1.29, 1.82) is 0 Å². The highest BCUT2D eigenvalue weighted by molar-refractivity contribution is 5.91. The van der Waals surface area contributed by atoms with Crippen molar-refractivity contribution in [2.45, 2.75) is 0 Å². The molecule has 3 rings (SSSR count). The summed E-state index contributed by atoms with van der Waals surface area (Å²) in [4.78, 5) is 13.3. The van der Waals surface area contributed by atoms with Gasteiger partial charge in [0, 0.05) is 29.9 Å². The lowest BCUT2D eigenvalue weighted by molar-refractivity contribution is 0.0992. The second kappa shape index (κ2) is 9.43. The zero-order chi connectivity index (χ0) is 18.9. The highest BCUT2D eigenvalue weighted by Gasteiger charge is 2.07. The summed E-state index contributed by atoms with van der Waals surface area (Å²) in [5.74, 6) is 3.91. The zero-order valence-electron chi connectivity index (χ0n) is 14.8. The Hall–Kier alpha value is -3.27. The molecule has 0 atom stereocenters. The smallest absolute Gasteiger partial charge is 0.154 e. The van der Waals surface area contributed by atoms with Crippen LogP contribution in [0.3, 0.4) is 0 Å². The summed E-state index contributed by atoms with van der Waals surface area (Å²) in [6.07, 6.45) is 12.8. The number of nitrogens with zero attached hydrogens (tertiary/aromatic N) is 3. The summed E-state index contributed by atoms with van der Waals surface area (Å²) in [7, 11) is 0. The van der Waals surface area contributed by atoms with E-state index in [9.17, 15) is 0 Å². The normalized spacial score (nSPS) is 11.0. The minimum absolute atomic E-state index is 0.00521. The average Bonchev–Trinajstić information content (AvgIpc) is 2.72. The van der Waals surface area contributed by atoms with Gasteiger partial charge in [-0.05, 0) is 42.0 Å². The second-order valence-electron chi connectivity index (χ2n) is 5.69. The van der Waals surface area contributed by atoms with E-state index in [1.807, 2.05) is 42.5 Å². The lowest BCUT2D eigenvalue weighted by atomic mass is 10.1. The van der Waals surface area contributed by atoms with E-state index in [2.05, 4.69) is 26.2 Å². The predicted molar refractivity (Wildman–Crippen MR) is 107 cm³/mol. The van der Waals surface area contributed by atoms with Gasteiger partial charge in [-0.2, -0.15) is 0 Å². The summed E-state index contributed by atoms with van der Waals surface area (Å²) in [6, 6.07) is 9.48. The van der Waals surface area contributed by atoms with Gasteiger partial charge < -0.3 is 15.2 Å². The Labute approximate surface area is 158 Å². The fourth-order valence-electron chi connectivity index (χ4n) is 2.50. The molecular formula is C21H20N4O2. The second-order valence-corrected chi connectivity index (χ2v) is 5.69. The monoisotopic (exact) mass is 360 g/mol. The molecule has 2 heterocycles. The first-order valence-corrected chi connectivity index (χ1v) is 8.59. The summed E-state index contributed by atoms with van der Waals surface area (Å²) in [6.45, 7) is 1.33. The van der Waals surface area contributed by atoms with Crippen molar-refractivity contribution in [3.63, 3.8) is 0 Å². The molecule has 3 aromatic rings. The average molecular weight is 360 g/mol. The molecule has 0 radical (unpaired) electrons. The molecule has 27 heavy (non-hydrogen) atoms. The molecule has 136 valence electrons. The third-order valence-electron chi connectivity index (χ3n) is 3.76. The summed E-state index contributed by atoms with van der Waals surface area (Å²) >= 11 is 0. The van der Waals surface area contributed by atoms with E-state index in [1.54, 1.807) is 12.4 Å². The van der Waals surface area contributed by atoms with E-state index < -0.39 is 0 Å². The fraction of sp³-hybridized carbons (Fsp3) is 0.190. The topological polar surface area (TPSA) is 80.2 Å². The van der Waals surface area contributed by atoms with Gasteiger partial charge in [-0.3, -0.25) is 4.98 Å². The molecule has 1 aromatic carbocycles. The van der Waals surface area contributed by atoms with Crippen molar-refractivity contribution in [2.75, 3.05) is 31.7 Å². The Kier molecular flexibility index (Phi) is 6.47. The van der Waals surface area contributed by atoms with E-state index >= 15 is 0 Å². The molecule has 0 fully saturated rings. The molecule has 6 heteroatoms. The van der Waals surface area contributed by atoms with Crippen LogP contribution in [-0.4, -0.2) is 46.4 Å². The maximum Gasteiger partial charge on any atom is 0.154 e. The van der Waals surface area contributed by atoms with E-state index in [1.165, 1.54) is 0 Å². The largest absolute Gasteiger partial charge is 0.394 e. The van der Waals surface area contributed by atoms with Gasteiger partial charge in [0.2, 0.25) is 0 Å². The predicted octanol–water partition coefficient (Wildman–Crippen LogP) is 2.60. The van der Waals surface area contributed by atoms with Crippen LogP contribution in [0.25, 0.3) is 23.1 Å². The molecule has 0 aliphatic rings. The number of aliphatic hydroxyl groups excluding tert-OH is 1. The quantitative estimate of drug-likeness (QED) is 0.475. The summed E-state index contributed by atoms with van der Waals surface area (Å²) in [5.41, 5.74) is 2.54. The van der Waals surface area contributed by atoms with Crippen molar-refractivity contribution < 1.29 is 9.84 Å². The van der Waals surface area contributed by atoms with Crippen LogP contribution in [0, 0.1) is 12.3 Å². The third-order valence-corrected chi connectivity index (χ3v) is 3.76. The van der Waals surface area contributed by atoms with Gasteiger partial charge in [0.25, 0.3) is 0 Å². The van der Waals surface area contributed by atoms with E-state index in [-0.39, 0.29) is 6.61 Å². The molecule has 0 bridgehead atoms. The number of rotatable bonds is 8. The molecule has 0 amide bonds. The lowest BCUT2D eigenvalue weighted by Gasteiger charge is -2.10. The van der Waals surface area contributed by atoms with Gasteiger partial charge in [0.1, 0.15) is 5.82 Å². The summed E-state index contributed by atoms with van der Waals surface area (Å²) < 4.78 is 5.29. The molecular weight excluding hydrogens is 340 g/mol. The number of ether oxygens (including phenoxy) is 1. The molecule has 6 nitrogen and oxygen atoms in total. The molecule has 0 spiro atoms. The number of fused-ring (bicyclic) bond motifs is 1. The van der Waals surface area contributed by atoms with Crippen LogP contribution < -0.4 is 5.32 Å². The van der Waals surface area contributed by atoms with Gasteiger partial charge in [-0.15, -0.1) is 6.42 Å². The van der Waals surface area contributed by atoms with Gasteiger partial charge >= 0.3 is 0 Å². The molecule has 0 saturated carbocycles. The van der Waals surface area contributed by atoms with Gasteiger partial charge in [0.05, 0.1) is 25.3 Å². The van der Waals surface area contributed by atoms with E-state index in [0.717, 1.165) is 22.0 Å². The van der Waals surface area contributed by atoms with E-state index in [4.69, 9.17) is 16.3 Å². The highest BCUT2D eigenvalue weighted by Crippen LogP contribution is 2.22. The Morgan fingerprint density at radius 2 is 2.11 bits per heavy atom. The number of hydrogen-bond donors (Lipinski definition) is 2. The number of hydrogen-bond acceptors (Lipinski definition) is 6. The third kappa shape index (κ3) is 5.11. The van der Waals surface area contributed by atoms with Crippen molar-refractivity contribution >= 4 is 28.9 Å². The minimum Gasteiger partial charge on any atom is -0.394 e. The number of anilines is 1. The Morgan fingerprint density at radius 3 is 2.89 bits per heavy atom. The van der Waals surface area contributed by atoms with Crippen molar-refractivity contribution in [3.05, 3.63) is 59.7 Å². The van der Waals surface area contributed by atoms with Crippen molar-refractivity contribution in [2.24, 2.45) is 0 Å². The van der Waals surface area contributed by atoms with E-state index in [0.29, 0.717) is 31.4 Å². The standard InChI is InChI=1S/C21H20N4O2/c1-2-16-5-7-19-18(14-16)21(23-10-12-27-13-11-26)25-20(24-19)8-6-17-4-3-9-22-15-17/h1,3-9,14-15,26H,10-13H2,(H,23,24,25)/b8-6+. The molecule has 0 unspecified atom stereocenters. The van der Waals surface area contributed by atoms with Crippen LogP contribution in [-0.2, 0) is 4.74 Å². The number of nitrogens with one attached hydrogen (secondary N) is 1. The van der Waals surface area contributed by atoms with Gasteiger partial charge in [-0.25, -0.2) is 9.97 Å². The molecule has 0 aliphatic heterocycles. The van der Waals surface area contributed by atoms with Crippen LogP contribution in [0.2, 0.25) is 0 Å². The lowest BCUT2D eigenvalue weighted by Crippen LogP contribution is -2.13. The number of aromatic nitrogens is 3. The maximum atomic E-state index is 8.77. The number of benzene rings is 1. The number of aliphatic hydroxyl groups is 1. The molecule has 2 aromatic heterocycles. The van der Waals surface area contributed by atoms with Gasteiger partial charge in [0.15, 0.2) is 5.82 Å². The number of terminal acetylenes is 1. The molecule has 2 N–H and O–H groups in total. The van der Waals surface area contributed by atoms with Crippen LogP contribution in [0.4, 0.5) is 5.82 Å². The number of pyridine rings is 1. The zero-order valence-corrected chi connectivity index (χ0v) is 14.8. The van der Waals surface area contributed by atoms with Gasteiger partial charge in [-0.1, -0.05) is 12.0 Å². The maximum absolute atomic E-state index is 8.77. The van der Waals surface area contributed by atoms with Crippen LogP contribution in [0.1, 0.15) is 17.0 Å². The van der Waals surface area contributed by atoms with Crippen LogP contribution in [0.5, 0.6) is 0 Å². The first kappa shape index (κ1) is 18.5. The molecule has 0 saturated heterocycles. The first-order valence-electron chi connectivity index (χ1n) is 8.59. The van der Waals surface area contributed by atoms with Crippen molar-refractivity contribution in [3.8, 4) is 12.3 Å². The van der Waals surface area contributed by atoms with Crippen molar-refractivity contribution in [1.82, 2.24) is 15.0 Å². The fourth-order valence-corrected chi connectivity index (χ4v) is 2.50. The Morgan fingerprint density at radius 1 is 1.19 bits per heavy atom.